The van der Waals surface area contributed by atoms with Crippen LogP contribution in [0.4, 0.5) is 9.18 Å². The van der Waals surface area contributed by atoms with Gasteiger partial charge in [-0.2, -0.15) is 0 Å². The van der Waals surface area contributed by atoms with Gasteiger partial charge in [0.1, 0.15) is 5.82 Å². The highest BCUT2D eigenvalue weighted by Gasteiger charge is 2.31. The van der Waals surface area contributed by atoms with Crippen molar-refractivity contribution < 1.29 is 14.0 Å². The van der Waals surface area contributed by atoms with Crippen molar-refractivity contribution in [1.82, 2.24) is 15.5 Å². The third-order valence-electron chi connectivity index (χ3n) is 3.48. The van der Waals surface area contributed by atoms with Gasteiger partial charge in [-0.3, -0.25) is 4.79 Å². The number of urea groups is 1. The smallest absolute Gasteiger partial charge is 0.315 e. The second kappa shape index (κ2) is 6.56. The van der Waals surface area contributed by atoms with Crippen LogP contribution in [0, 0.1) is 5.82 Å². The first-order chi connectivity index (χ1) is 9.95. The van der Waals surface area contributed by atoms with E-state index in [0.29, 0.717) is 19.5 Å². The fourth-order valence-corrected chi connectivity index (χ4v) is 2.35. The summed E-state index contributed by atoms with van der Waals surface area (Å²) in [5.41, 5.74) is 0.817. The van der Waals surface area contributed by atoms with Gasteiger partial charge >= 0.3 is 6.03 Å². The van der Waals surface area contributed by atoms with E-state index < -0.39 is 0 Å². The molecular formula is C15H20FN3O2. The van der Waals surface area contributed by atoms with Gasteiger partial charge in [0, 0.05) is 25.6 Å². The lowest BCUT2D eigenvalue weighted by atomic mass is 10.2. The summed E-state index contributed by atoms with van der Waals surface area (Å²) in [7, 11) is 0. The lowest BCUT2D eigenvalue weighted by Crippen LogP contribution is -2.43. The van der Waals surface area contributed by atoms with E-state index in [1.165, 1.54) is 12.1 Å². The third-order valence-corrected chi connectivity index (χ3v) is 3.48. The maximum atomic E-state index is 12.8. The first-order valence-electron chi connectivity index (χ1n) is 7.04. The van der Waals surface area contributed by atoms with Crippen molar-refractivity contribution in [2.75, 3.05) is 6.54 Å². The number of hydrogen-bond donors (Lipinski definition) is 2. The van der Waals surface area contributed by atoms with Gasteiger partial charge in [-0.1, -0.05) is 12.1 Å². The quantitative estimate of drug-likeness (QED) is 0.886. The van der Waals surface area contributed by atoms with Crippen LogP contribution in [0.1, 0.15) is 25.8 Å². The zero-order valence-electron chi connectivity index (χ0n) is 12.2. The van der Waals surface area contributed by atoms with Gasteiger partial charge in [-0.05, 0) is 31.5 Å². The molecule has 2 N–H and O–H groups in total. The molecule has 2 rings (SSSR count). The van der Waals surface area contributed by atoms with Crippen molar-refractivity contribution in [3.63, 3.8) is 0 Å². The summed E-state index contributed by atoms with van der Waals surface area (Å²) in [6.45, 7) is 4.77. The summed E-state index contributed by atoms with van der Waals surface area (Å²) < 4.78 is 12.8. The van der Waals surface area contributed by atoms with E-state index in [9.17, 15) is 14.0 Å². The molecule has 0 saturated carbocycles. The molecule has 1 aromatic rings. The number of nitrogens with zero attached hydrogens (tertiary/aromatic N) is 1. The maximum Gasteiger partial charge on any atom is 0.315 e. The molecule has 1 unspecified atom stereocenters. The third kappa shape index (κ3) is 4.18. The Labute approximate surface area is 123 Å². The molecule has 1 saturated heterocycles. The zero-order chi connectivity index (χ0) is 15.4. The van der Waals surface area contributed by atoms with Crippen LogP contribution in [0.3, 0.4) is 0 Å². The van der Waals surface area contributed by atoms with Gasteiger partial charge in [0.25, 0.3) is 0 Å². The van der Waals surface area contributed by atoms with Crippen molar-refractivity contribution in [3.05, 3.63) is 35.6 Å². The summed E-state index contributed by atoms with van der Waals surface area (Å²) in [6.07, 6.45) is 0.335. The minimum absolute atomic E-state index is 0.0637. The Bertz CT molecular complexity index is 516. The van der Waals surface area contributed by atoms with Crippen LogP contribution in [0.25, 0.3) is 0 Å². The second-order valence-electron chi connectivity index (χ2n) is 5.49. The molecule has 1 aromatic carbocycles. The summed E-state index contributed by atoms with van der Waals surface area (Å²) in [5.74, 6) is -0.240. The largest absolute Gasteiger partial charge is 0.338 e. The van der Waals surface area contributed by atoms with Crippen LogP contribution in [0.15, 0.2) is 24.3 Å². The van der Waals surface area contributed by atoms with Gasteiger partial charge < -0.3 is 15.5 Å². The molecule has 114 valence electrons. The maximum absolute atomic E-state index is 12.8. The van der Waals surface area contributed by atoms with E-state index in [4.69, 9.17) is 0 Å². The summed E-state index contributed by atoms with van der Waals surface area (Å²) in [6, 6.07) is 5.61. The van der Waals surface area contributed by atoms with Crippen molar-refractivity contribution in [1.29, 1.82) is 0 Å². The number of amides is 3. The SMILES string of the molecule is CC(C)N1CC(NC(=O)NCc2ccc(F)cc2)CC1=O. The summed E-state index contributed by atoms with van der Waals surface area (Å²) >= 11 is 0. The van der Waals surface area contributed by atoms with Crippen molar-refractivity contribution in [2.24, 2.45) is 0 Å². The molecule has 1 aliphatic heterocycles. The average molecular weight is 293 g/mol. The molecule has 1 atom stereocenters. The van der Waals surface area contributed by atoms with Crippen LogP contribution in [0.5, 0.6) is 0 Å². The van der Waals surface area contributed by atoms with E-state index in [1.807, 2.05) is 13.8 Å². The number of carbonyl (C=O) groups excluding carboxylic acids is 2. The number of hydrogen-bond acceptors (Lipinski definition) is 2. The number of benzene rings is 1. The average Bonchev–Trinajstić information content (AvgIpc) is 2.79. The number of carbonyl (C=O) groups is 2. The van der Waals surface area contributed by atoms with E-state index in [2.05, 4.69) is 10.6 Å². The number of halogens is 1. The highest BCUT2D eigenvalue weighted by Crippen LogP contribution is 2.14. The molecule has 0 aromatic heterocycles. The van der Waals surface area contributed by atoms with Crippen molar-refractivity contribution in [3.8, 4) is 0 Å². The Kier molecular flexibility index (Phi) is 4.77. The van der Waals surface area contributed by atoms with E-state index in [0.717, 1.165) is 5.56 Å². The Morgan fingerprint density at radius 1 is 1.38 bits per heavy atom. The van der Waals surface area contributed by atoms with Gasteiger partial charge in [-0.15, -0.1) is 0 Å². The van der Waals surface area contributed by atoms with Crippen LogP contribution in [-0.2, 0) is 11.3 Å². The van der Waals surface area contributed by atoms with Gasteiger partial charge in [0.2, 0.25) is 5.91 Å². The molecule has 0 aliphatic carbocycles. The predicted molar refractivity (Wildman–Crippen MR) is 77.0 cm³/mol. The Morgan fingerprint density at radius 3 is 2.62 bits per heavy atom. The van der Waals surface area contributed by atoms with Gasteiger partial charge in [0.05, 0.1) is 6.04 Å². The Hall–Kier alpha value is -2.11. The van der Waals surface area contributed by atoms with Crippen molar-refractivity contribution >= 4 is 11.9 Å². The van der Waals surface area contributed by atoms with Gasteiger partial charge in [-0.25, -0.2) is 9.18 Å². The summed E-state index contributed by atoms with van der Waals surface area (Å²) in [5, 5.41) is 5.49. The normalized spacial score (nSPS) is 18.2. The fourth-order valence-electron chi connectivity index (χ4n) is 2.35. The second-order valence-corrected chi connectivity index (χ2v) is 5.49. The molecule has 1 aliphatic rings. The first kappa shape index (κ1) is 15.3. The Balaban J connectivity index is 1.77. The molecule has 1 fully saturated rings. The number of likely N-dealkylation sites (tertiary alicyclic amines) is 1. The highest BCUT2D eigenvalue weighted by atomic mass is 19.1. The molecule has 5 nitrogen and oxygen atoms in total. The zero-order valence-corrected chi connectivity index (χ0v) is 12.2. The lowest BCUT2D eigenvalue weighted by Gasteiger charge is -2.21. The molecule has 21 heavy (non-hydrogen) atoms. The van der Waals surface area contributed by atoms with Crippen LogP contribution < -0.4 is 10.6 Å². The fraction of sp³-hybridized carbons (Fsp3) is 0.467. The molecule has 0 spiro atoms. The molecule has 6 heteroatoms. The molecule has 0 radical (unpaired) electrons. The lowest BCUT2D eigenvalue weighted by molar-refractivity contribution is -0.129. The van der Waals surface area contributed by atoms with Crippen molar-refractivity contribution in [2.45, 2.75) is 38.9 Å². The minimum Gasteiger partial charge on any atom is -0.338 e. The molecule has 1 heterocycles. The van der Waals surface area contributed by atoms with E-state index >= 15 is 0 Å². The Morgan fingerprint density at radius 2 is 2.05 bits per heavy atom. The number of nitrogens with one attached hydrogen (secondary N) is 2. The van der Waals surface area contributed by atoms with Gasteiger partial charge in [0.15, 0.2) is 0 Å². The van der Waals surface area contributed by atoms with Crippen LogP contribution in [0.2, 0.25) is 0 Å². The topological polar surface area (TPSA) is 61.4 Å². The van der Waals surface area contributed by atoms with Crippen LogP contribution in [-0.4, -0.2) is 35.5 Å². The molecular weight excluding hydrogens is 273 g/mol. The van der Waals surface area contributed by atoms with E-state index in [-0.39, 0.29) is 29.8 Å². The number of rotatable bonds is 4. The monoisotopic (exact) mass is 293 g/mol. The molecule has 0 bridgehead atoms. The minimum atomic E-state index is -0.317. The summed E-state index contributed by atoms with van der Waals surface area (Å²) in [4.78, 5) is 25.3. The first-order valence-corrected chi connectivity index (χ1v) is 7.04. The predicted octanol–water partition coefficient (Wildman–Crippen LogP) is 1.63. The highest BCUT2D eigenvalue weighted by molar-refractivity contribution is 5.81. The van der Waals surface area contributed by atoms with E-state index in [1.54, 1.807) is 17.0 Å². The molecule has 3 amide bonds. The van der Waals surface area contributed by atoms with Crippen LogP contribution >= 0.6 is 0 Å². The standard InChI is InChI=1S/C15H20FN3O2/c1-10(2)19-9-13(7-14(19)20)18-15(21)17-8-11-3-5-12(16)6-4-11/h3-6,10,13H,7-9H2,1-2H3,(H2,17,18,21).